The maximum absolute atomic E-state index is 6.00. The third-order valence-electron chi connectivity index (χ3n) is 3.60. The summed E-state index contributed by atoms with van der Waals surface area (Å²) in [6.07, 6.45) is 7.24. The van der Waals surface area contributed by atoms with Gasteiger partial charge in [0.1, 0.15) is 0 Å². The molecule has 5 heteroatoms. The summed E-state index contributed by atoms with van der Waals surface area (Å²) < 4.78 is 14.0. The molecule has 1 aliphatic rings. The summed E-state index contributed by atoms with van der Waals surface area (Å²) in [6, 6.07) is 8.55. The molecule has 2 aromatic rings. The average molecular weight is 353 g/mol. The highest BCUT2D eigenvalue weighted by molar-refractivity contribution is 8.93. The van der Waals surface area contributed by atoms with Crippen molar-refractivity contribution in [2.45, 2.75) is 32.1 Å². The molecule has 4 nitrogen and oxygen atoms in total. The monoisotopic (exact) mass is 352 g/mol. The highest BCUT2D eigenvalue weighted by Gasteiger charge is 2.35. The fraction of sp³-hybridized carbons (Fsp3) is 0.438. The normalized spacial score (nSPS) is 17.2. The molecule has 1 aromatic heterocycles. The molecule has 0 spiro atoms. The second-order valence-electron chi connectivity index (χ2n) is 5.36. The lowest BCUT2D eigenvalue weighted by atomic mass is 10.0. The Labute approximate surface area is 135 Å². The van der Waals surface area contributed by atoms with Gasteiger partial charge in [0.25, 0.3) is 0 Å². The summed E-state index contributed by atoms with van der Waals surface area (Å²) >= 11 is 0. The van der Waals surface area contributed by atoms with Gasteiger partial charge in [0.15, 0.2) is 5.79 Å². The first-order chi connectivity index (χ1) is 9.76. The van der Waals surface area contributed by atoms with Gasteiger partial charge < -0.3 is 14.0 Å². The first-order valence-electron chi connectivity index (χ1n) is 7.05. The molecule has 0 saturated carbocycles. The van der Waals surface area contributed by atoms with Crippen molar-refractivity contribution in [1.82, 2.24) is 9.55 Å². The van der Waals surface area contributed by atoms with Crippen LogP contribution in [0.25, 0.3) is 0 Å². The SMILES string of the molecule is Br.Cc1ccc(CC2(Cn3ccnc3)OCCCO2)cc1. The second kappa shape index (κ2) is 7.20. The van der Waals surface area contributed by atoms with Crippen molar-refractivity contribution < 1.29 is 9.47 Å². The minimum Gasteiger partial charge on any atom is -0.348 e. The minimum atomic E-state index is -0.575. The van der Waals surface area contributed by atoms with Gasteiger partial charge in [-0.25, -0.2) is 4.98 Å². The Kier molecular flexibility index (Phi) is 5.56. The molecular formula is C16H21BrN2O2. The van der Waals surface area contributed by atoms with Crippen LogP contribution >= 0.6 is 17.0 Å². The zero-order valence-corrected chi connectivity index (χ0v) is 13.9. The van der Waals surface area contributed by atoms with Gasteiger partial charge in [-0.2, -0.15) is 0 Å². The highest BCUT2D eigenvalue weighted by atomic mass is 79.9. The van der Waals surface area contributed by atoms with Crippen LogP contribution in [-0.2, 0) is 22.4 Å². The molecule has 3 rings (SSSR count). The summed E-state index contributed by atoms with van der Waals surface area (Å²) in [6.45, 7) is 4.26. The molecule has 1 saturated heterocycles. The largest absolute Gasteiger partial charge is 0.348 e. The van der Waals surface area contributed by atoms with E-state index in [1.807, 2.05) is 10.8 Å². The molecule has 0 amide bonds. The molecule has 2 heterocycles. The van der Waals surface area contributed by atoms with E-state index in [-0.39, 0.29) is 17.0 Å². The minimum absolute atomic E-state index is 0. The van der Waals surface area contributed by atoms with Crippen LogP contribution in [0.4, 0.5) is 0 Å². The Morgan fingerprint density at radius 2 is 1.90 bits per heavy atom. The zero-order chi connectivity index (χ0) is 13.8. The number of hydrogen-bond acceptors (Lipinski definition) is 3. The van der Waals surface area contributed by atoms with E-state index >= 15 is 0 Å². The average Bonchev–Trinajstić information content (AvgIpc) is 2.95. The number of imidazole rings is 1. The number of nitrogens with zero attached hydrogens (tertiary/aromatic N) is 2. The third-order valence-corrected chi connectivity index (χ3v) is 3.60. The van der Waals surface area contributed by atoms with Crippen LogP contribution in [0.5, 0.6) is 0 Å². The lowest BCUT2D eigenvalue weighted by Gasteiger charge is -2.37. The van der Waals surface area contributed by atoms with Gasteiger partial charge in [-0.1, -0.05) is 29.8 Å². The molecule has 0 N–H and O–H groups in total. The van der Waals surface area contributed by atoms with Crippen molar-refractivity contribution in [2.75, 3.05) is 13.2 Å². The van der Waals surface area contributed by atoms with Gasteiger partial charge in [0, 0.05) is 18.8 Å². The lowest BCUT2D eigenvalue weighted by Crippen LogP contribution is -2.46. The number of halogens is 1. The Hall–Kier alpha value is -1.17. The zero-order valence-electron chi connectivity index (χ0n) is 12.2. The topological polar surface area (TPSA) is 36.3 Å². The molecule has 0 unspecified atom stereocenters. The predicted octanol–water partition coefficient (Wildman–Crippen LogP) is 3.15. The van der Waals surface area contributed by atoms with E-state index < -0.39 is 5.79 Å². The van der Waals surface area contributed by atoms with Crippen LogP contribution in [0.1, 0.15) is 17.5 Å². The number of aryl methyl sites for hydroxylation is 1. The predicted molar refractivity (Wildman–Crippen MR) is 86.7 cm³/mol. The Morgan fingerprint density at radius 1 is 1.19 bits per heavy atom. The third kappa shape index (κ3) is 4.15. The quantitative estimate of drug-likeness (QED) is 0.847. The number of ether oxygens (including phenoxy) is 2. The first kappa shape index (κ1) is 16.2. The van der Waals surface area contributed by atoms with E-state index in [0.29, 0.717) is 6.54 Å². The maximum atomic E-state index is 6.00. The fourth-order valence-electron chi connectivity index (χ4n) is 2.54. The summed E-state index contributed by atoms with van der Waals surface area (Å²) in [4.78, 5) is 4.09. The van der Waals surface area contributed by atoms with E-state index in [4.69, 9.17) is 9.47 Å². The smallest absolute Gasteiger partial charge is 0.190 e. The van der Waals surface area contributed by atoms with Crippen LogP contribution in [0.2, 0.25) is 0 Å². The van der Waals surface area contributed by atoms with Crippen molar-refractivity contribution >= 4 is 17.0 Å². The van der Waals surface area contributed by atoms with E-state index in [1.54, 1.807) is 12.5 Å². The molecule has 1 aromatic carbocycles. The molecule has 0 radical (unpaired) electrons. The molecular weight excluding hydrogens is 332 g/mol. The standard InChI is InChI=1S/C16H20N2O2.BrH/c1-14-3-5-15(6-4-14)11-16(19-9-2-10-20-16)12-18-8-7-17-13-18;/h3-8,13H,2,9-12H2,1H3;1H. The molecule has 0 bridgehead atoms. The van der Waals surface area contributed by atoms with Crippen LogP contribution in [0.3, 0.4) is 0 Å². The van der Waals surface area contributed by atoms with Crippen molar-refractivity contribution in [3.05, 3.63) is 54.1 Å². The van der Waals surface area contributed by atoms with Gasteiger partial charge in [-0.05, 0) is 18.9 Å². The summed E-state index contributed by atoms with van der Waals surface area (Å²) in [5.41, 5.74) is 2.50. The summed E-state index contributed by atoms with van der Waals surface area (Å²) in [5, 5.41) is 0. The molecule has 1 fully saturated rings. The van der Waals surface area contributed by atoms with Crippen LogP contribution in [0.15, 0.2) is 43.0 Å². The molecule has 1 aliphatic heterocycles. The van der Waals surface area contributed by atoms with Crippen molar-refractivity contribution in [2.24, 2.45) is 0 Å². The van der Waals surface area contributed by atoms with E-state index in [0.717, 1.165) is 26.1 Å². The summed E-state index contributed by atoms with van der Waals surface area (Å²) in [5.74, 6) is -0.575. The van der Waals surface area contributed by atoms with Crippen molar-refractivity contribution in [3.63, 3.8) is 0 Å². The fourth-order valence-corrected chi connectivity index (χ4v) is 2.54. The van der Waals surface area contributed by atoms with Gasteiger partial charge >= 0.3 is 0 Å². The summed E-state index contributed by atoms with van der Waals surface area (Å²) in [7, 11) is 0. The molecule has 21 heavy (non-hydrogen) atoms. The van der Waals surface area contributed by atoms with Gasteiger partial charge in [-0.3, -0.25) is 0 Å². The van der Waals surface area contributed by atoms with Crippen molar-refractivity contribution in [3.8, 4) is 0 Å². The molecule has 114 valence electrons. The first-order valence-corrected chi connectivity index (χ1v) is 7.05. The maximum Gasteiger partial charge on any atom is 0.190 e. The Bertz CT molecular complexity index is 534. The number of hydrogen-bond donors (Lipinski definition) is 0. The Morgan fingerprint density at radius 3 is 2.52 bits per heavy atom. The van der Waals surface area contributed by atoms with E-state index in [1.165, 1.54) is 11.1 Å². The van der Waals surface area contributed by atoms with E-state index in [2.05, 4.69) is 36.2 Å². The second-order valence-corrected chi connectivity index (χ2v) is 5.36. The number of benzene rings is 1. The number of rotatable bonds is 4. The molecule has 0 atom stereocenters. The highest BCUT2D eigenvalue weighted by Crippen LogP contribution is 2.26. The van der Waals surface area contributed by atoms with Gasteiger partial charge in [-0.15, -0.1) is 17.0 Å². The van der Waals surface area contributed by atoms with Crippen molar-refractivity contribution in [1.29, 1.82) is 0 Å². The molecule has 0 aliphatic carbocycles. The lowest BCUT2D eigenvalue weighted by molar-refractivity contribution is -0.272. The van der Waals surface area contributed by atoms with E-state index in [9.17, 15) is 0 Å². The number of aromatic nitrogens is 2. The van der Waals surface area contributed by atoms with Crippen LogP contribution in [-0.4, -0.2) is 28.6 Å². The van der Waals surface area contributed by atoms with Gasteiger partial charge in [0.2, 0.25) is 0 Å². The van der Waals surface area contributed by atoms with Crippen LogP contribution in [0, 0.1) is 6.92 Å². The van der Waals surface area contributed by atoms with Crippen LogP contribution < -0.4 is 0 Å². The van der Waals surface area contributed by atoms with Gasteiger partial charge in [0.05, 0.1) is 26.1 Å². The Balaban J connectivity index is 0.00000161.